The molecule has 2 aromatic rings. The molecule has 0 spiro atoms. The molecule has 4 rings (SSSR count). The van der Waals surface area contributed by atoms with Crippen LogP contribution in [-0.2, 0) is 17.7 Å². The van der Waals surface area contributed by atoms with E-state index >= 15 is 0 Å². The van der Waals surface area contributed by atoms with Crippen molar-refractivity contribution in [1.82, 2.24) is 14.9 Å². The highest BCUT2D eigenvalue weighted by atomic mass is 35.5. The minimum absolute atomic E-state index is 0.0830. The summed E-state index contributed by atoms with van der Waals surface area (Å²) in [5, 5.41) is 21.5. The Morgan fingerprint density at radius 3 is 2.81 bits per heavy atom. The van der Waals surface area contributed by atoms with Gasteiger partial charge in [0, 0.05) is 36.3 Å². The summed E-state index contributed by atoms with van der Waals surface area (Å²) in [5.41, 5.74) is 2.37. The first-order valence-electron chi connectivity index (χ1n) is 9.88. The van der Waals surface area contributed by atoms with Crippen molar-refractivity contribution < 1.29 is 13.9 Å². The van der Waals surface area contributed by atoms with Gasteiger partial charge in [-0.25, -0.2) is 4.98 Å². The van der Waals surface area contributed by atoms with Crippen molar-refractivity contribution in [3.8, 4) is 18.0 Å². The van der Waals surface area contributed by atoms with Gasteiger partial charge in [-0.05, 0) is 25.0 Å². The molecule has 2 aliphatic heterocycles. The molecule has 1 saturated heterocycles. The summed E-state index contributed by atoms with van der Waals surface area (Å²) >= 11 is 6.22. The maximum atomic E-state index is 14.8. The summed E-state index contributed by atoms with van der Waals surface area (Å²) in [6.45, 7) is 3.98. The standard InChI is InChI=1S/C21H20ClFN6O2/c1-12(14-2-3-18(27-20(14)23)31-13-10-30-11-13)29-7-4-15-17(9-29)16(8-25)19(22)28-21(15)26-6-5-24/h2-3,12-13H,4,6-7,9-11H2,1H3,(H,26,28). The molecule has 8 nitrogen and oxygen atoms in total. The summed E-state index contributed by atoms with van der Waals surface area (Å²) < 4.78 is 25.4. The molecule has 1 N–H and O–H groups in total. The zero-order valence-corrected chi connectivity index (χ0v) is 17.6. The molecule has 2 aromatic heterocycles. The van der Waals surface area contributed by atoms with Gasteiger partial charge in [0.05, 0.1) is 24.8 Å². The van der Waals surface area contributed by atoms with Crippen LogP contribution in [0.5, 0.6) is 5.88 Å². The van der Waals surface area contributed by atoms with E-state index in [-0.39, 0.29) is 29.7 Å². The van der Waals surface area contributed by atoms with Gasteiger partial charge in [-0.3, -0.25) is 4.90 Å². The summed E-state index contributed by atoms with van der Waals surface area (Å²) in [6.07, 6.45) is 0.505. The molecule has 1 fully saturated rings. The number of ether oxygens (including phenoxy) is 2. The number of nitriles is 2. The normalized spacial score (nSPS) is 17.1. The van der Waals surface area contributed by atoms with Gasteiger partial charge in [0.2, 0.25) is 11.8 Å². The van der Waals surface area contributed by atoms with Gasteiger partial charge in [0.15, 0.2) is 0 Å². The van der Waals surface area contributed by atoms with Crippen LogP contribution in [-0.4, -0.2) is 47.3 Å². The molecule has 31 heavy (non-hydrogen) atoms. The number of hydrogen-bond donors (Lipinski definition) is 1. The number of pyridine rings is 2. The third-order valence-electron chi connectivity index (χ3n) is 5.57. The third kappa shape index (κ3) is 4.26. The summed E-state index contributed by atoms with van der Waals surface area (Å²) in [7, 11) is 0. The van der Waals surface area contributed by atoms with Gasteiger partial charge in [0.1, 0.15) is 29.7 Å². The Kier molecular flexibility index (Phi) is 6.19. The number of nitrogens with one attached hydrogen (secondary N) is 1. The van der Waals surface area contributed by atoms with Crippen molar-refractivity contribution in [2.75, 3.05) is 31.6 Å². The number of aromatic nitrogens is 2. The third-order valence-corrected chi connectivity index (χ3v) is 5.84. The largest absolute Gasteiger partial charge is 0.469 e. The second-order valence-corrected chi connectivity index (χ2v) is 7.77. The fourth-order valence-electron chi connectivity index (χ4n) is 3.79. The Morgan fingerprint density at radius 2 is 2.16 bits per heavy atom. The minimum atomic E-state index is -0.583. The van der Waals surface area contributed by atoms with E-state index < -0.39 is 5.95 Å². The molecule has 0 aliphatic carbocycles. The first-order valence-corrected chi connectivity index (χ1v) is 10.3. The molecule has 2 aliphatic rings. The Labute approximate surface area is 184 Å². The van der Waals surface area contributed by atoms with Gasteiger partial charge in [0.25, 0.3) is 0 Å². The lowest BCUT2D eigenvalue weighted by Crippen LogP contribution is -2.38. The highest BCUT2D eigenvalue weighted by Gasteiger charge is 2.29. The number of hydrogen-bond acceptors (Lipinski definition) is 8. The first kappa shape index (κ1) is 21.3. The number of anilines is 1. The van der Waals surface area contributed by atoms with Crippen LogP contribution in [0.15, 0.2) is 12.1 Å². The van der Waals surface area contributed by atoms with Gasteiger partial charge < -0.3 is 14.8 Å². The fourth-order valence-corrected chi connectivity index (χ4v) is 4.03. The molecule has 0 aromatic carbocycles. The van der Waals surface area contributed by atoms with Crippen LogP contribution in [0, 0.1) is 28.6 Å². The van der Waals surface area contributed by atoms with Crippen LogP contribution in [0.25, 0.3) is 0 Å². The average molecular weight is 443 g/mol. The highest BCUT2D eigenvalue weighted by Crippen LogP contribution is 2.35. The van der Waals surface area contributed by atoms with E-state index in [2.05, 4.69) is 26.3 Å². The second kappa shape index (κ2) is 9.03. The lowest BCUT2D eigenvalue weighted by molar-refractivity contribution is -0.0815. The van der Waals surface area contributed by atoms with Crippen molar-refractivity contribution in [1.29, 1.82) is 10.5 Å². The van der Waals surface area contributed by atoms with Crippen LogP contribution in [0.4, 0.5) is 10.2 Å². The monoisotopic (exact) mass is 442 g/mol. The van der Waals surface area contributed by atoms with Crippen molar-refractivity contribution in [3.63, 3.8) is 0 Å². The summed E-state index contributed by atoms with van der Waals surface area (Å²) in [6, 6.07) is 7.20. The van der Waals surface area contributed by atoms with Crippen molar-refractivity contribution >= 4 is 17.4 Å². The van der Waals surface area contributed by atoms with E-state index in [1.165, 1.54) is 0 Å². The van der Waals surface area contributed by atoms with Crippen LogP contribution < -0.4 is 10.1 Å². The topological polar surface area (TPSA) is 107 Å². The predicted octanol–water partition coefficient (Wildman–Crippen LogP) is 2.97. The minimum Gasteiger partial charge on any atom is -0.469 e. The summed E-state index contributed by atoms with van der Waals surface area (Å²) in [5.74, 6) is 0.173. The van der Waals surface area contributed by atoms with E-state index in [1.807, 2.05) is 13.0 Å². The van der Waals surface area contributed by atoms with Crippen LogP contribution in [0.1, 0.15) is 35.2 Å². The van der Waals surface area contributed by atoms with E-state index in [0.717, 1.165) is 11.1 Å². The van der Waals surface area contributed by atoms with Gasteiger partial charge in [-0.2, -0.15) is 19.9 Å². The SMILES string of the molecule is CC(c1ccc(OC2COC2)nc1F)N1CCc2c(NCC#N)nc(Cl)c(C#N)c2C1. The van der Waals surface area contributed by atoms with Crippen molar-refractivity contribution in [2.45, 2.75) is 32.0 Å². The van der Waals surface area contributed by atoms with E-state index in [1.54, 1.807) is 12.1 Å². The molecular formula is C21H20ClFN6O2. The second-order valence-electron chi connectivity index (χ2n) is 7.41. The van der Waals surface area contributed by atoms with Gasteiger partial charge >= 0.3 is 0 Å². The highest BCUT2D eigenvalue weighted by molar-refractivity contribution is 6.30. The maximum Gasteiger partial charge on any atom is 0.220 e. The lowest BCUT2D eigenvalue weighted by Gasteiger charge is -2.35. The lowest BCUT2D eigenvalue weighted by atomic mass is 9.94. The summed E-state index contributed by atoms with van der Waals surface area (Å²) in [4.78, 5) is 10.3. The average Bonchev–Trinajstić information content (AvgIpc) is 2.74. The Balaban J connectivity index is 1.57. The molecule has 1 atom stereocenters. The Morgan fingerprint density at radius 1 is 1.35 bits per heavy atom. The van der Waals surface area contributed by atoms with Crippen molar-refractivity contribution in [3.05, 3.63) is 45.5 Å². The molecule has 0 saturated carbocycles. The number of halogens is 2. The molecule has 0 amide bonds. The molecular weight excluding hydrogens is 423 g/mol. The van der Waals surface area contributed by atoms with Gasteiger partial charge in [-0.1, -0.05) is 11.6 Å². The molecule has 160 valence electrons. The number of nitrogens with zero attached hydrogens (tertiary/aromatic N) is 5. The van der Waals surface area contributed by atoms with Crippen LogP contribution in [0.3, 0.4) is 0 Å². The van der Waals surface area contributed by atoms with Crippen molar-refractivity contribution in [2.24, 2.45) is 0 Å². The first-order chi connectivity index (χ1) is 15.0. The van der Waals surface area contributed by atoms with Crippen LogP contribution in [0.2, 0.25) is 5.15 Å². The fraction of sp³-hybridized carbons (Fsp3) is 0.429. The number of rotatable bonds is 6. The molecule has 0 radical (unpaired) electrons. The molecule has 4 heterocycles. The number of fused-ring (bicyclic) bond motifs is 1. The van der Waals surface area contributed by atoms with E-state index in [9.17, 15) is 9.65 Å². The van der Waals surface area contributed by atoms with E-state index in [0.29, 0.717) is 49.7 Å². The molecule has 0 bridgehead atoms. The van der Waals surface area contributed by atoms with E-state index in [4.69, 9.17) is 26.3 Å². The quantitative estimate of drug-likeness (QED) is 0.537. The molecule has 10 heteroatoms. The van der Waals surface area contributed by atoms with Crippen LogP contribution >= 0.6 is 11.6 Å². The van der Waals surface area contributed by atoms with Gasteiger partial charge in [-0.15, -0.1) is 0 Å². The zero-order chi connectivity index (χ0) is 22.0. The zero-order valence-electron chi connectivity index (χ0n) is 16.9. The Bertz CT molecular complexity index is 1080. The Hall–Kier alpha value is -2.98. The maximum absolute atomic E-state index is 14.8. The predicted molar refractivity (Wildman–Crippen MR) is 110 cm³/mol. The smallest absolute Gasteiger partial charge is 0.220 e. The molecule has 1 unspecified atom stereocenters.